The van der Waals surface area contributed by atoms with Gasteiger partial charge in [-0.15, -0.1) is 0 Å². The van der Waals surface area contributed by atoms with E-state index in [0.717, 1.165) is 25.9 Å². The number of pyridine rings is 1. The Morgan fingerprint density at radius 2 is 1.73 bits per heavy atom. The van der Waals surface area contributed by atoms with Crippen LogP contribution in [0.25, 0.3) is 0 Å². The minimum Gasteiger partial charge on any atom is -0.475 e. The van der Waals surface area contributed by atoms with Crippen LogP contribution < -0.4 is 20.5 Å². The molecule has 9 heteroatoms. The molecular formula is C21H24N4O4S. The van der Waals surface area contributed by atoms with E-state index >= 15 is 0 Å². The Morgan fingerprint density at radius 1 is 1.10 bits per heavy atom. The molecule has 1 aliphatic rings. The summed E-state index contributed by atoms with van der Waals surface area (Å²) in [6, 6.07) is 9.75. The monoisotopic (exact) mass is 428 g/mol. The maximum absolute atomic E-state index is 12.5. The van der Waals surface area contributed by atoms with Crippen molar-refractivity contribution in [2.24, 2.45) is 5.73 Å². The molecule has 0 spiro atoms. The number of nitrogens with two attached hydrogens (primary N) is 1. The van der Waals surface area contributed by atoms with Crippen molar-refractivity contribution in [1.82, 2.24) is 15.2 Å². The number of likely N-dealkylation sites (tertiary alicyclic amines) is 1. The second-order valence-electron chi connectivity index (χ2n) is 7.14. The Labute approximate surface area is 180 Å². The van der Waals surface area contributed by atoms with E-state index in [1.165, 1.54) is 12.1 Å². The number of nitrogens with zero attached hydrogens (tertiary/aromatic N) is 2. The summed E-state index contributed by atoms with van der Waals surface area (Å²) in [6.45, 7) is 5.28. The lowest BCUT2D eigenvalue weighted by Gasteiger charge is -2.15. The van der Waals surface area contributed by atoms with E-state index in [1.807, 2.05) is 18.7 Å². The molecule has 1 aromatic heterocycles. The van der Waals surface area contributed by atoms with E-state index in [0.29, 0.717) is 11.3 Å². The molecule has 0 bridgehead atoms. The van der Waals surface area contributed by atoms with Gasteiger partial charge in [-0.1, -0.05) is 0 Å². The molecule has 1 aromatic carbocycles. The molecule has 2 heterocycles. The number of hydrogen-bond acceptors (Lipinski definition) is 6. The zero-order valence-corrected chi connectivity index (χ0v) is 17.7. The highest BCUT2D eigenvalue weighted by Gasteiger charge is 2.19. The highest BCUT2D eigenvalue weighted by Crippen LogP contribution is 2.25. The van der Waals surface area contributed by atoms with Crippen molar-refractivity contribution in [3.05, 3.63) is 47.5 Å². The number of amides is 2. The van der Waals surface area contributed by atoms with E-state index in [1.54, 1.807) is 24.3 Å². The van der Waals surface area contributed by atoms with E-state index < -0.39 is 5.91 Å². The molecule has 0 saturated carbocycles. The van der Waals surface area contributed by atoms with Crippen LogP contribution >= 0.6 is 12.2 Å². The number of nitrogens with one attached hydrogen (secondary N) is 1. The number of aromatic nitrogens is 1. The lowest BCUT2D eigenvalue weighted by molar-refractivity contribution is 0.0792. The van der Waals surface area contributed by atoms with Gasteiger partial charge in [-0.2, -0.15) is 4.98 Å². The first-order valence-electron chi connectivity index (χ1n) is 9.68. The molecule has 1 saturated heterocycles. The van der Waals surface area contributed by atoms with Gasteiger partial charge in [0.25, 0.3) is 11.8 Å². The van der Waals surface area contributed by atoms with E-state index in [9.17, 15) is 9.59 Å². The first kappa shape index (κ1) is 21.5. The van der Waals surface area contributed by atoms with Gasteiger partial charge in [-0.3, -0.25) is 14.9 Å². The maximum Gasteiger partial charge on any atom is 0.257 e. The number of carbonyl (C=O) groups is 2. The summed E-state index contributed by atoms with van der Waals surface area (Å²) in [5, 5.41) is 2.23. The Balaban J connectivity index is 1.79. The van der Waals surface area contributed by atoms with Gasteiger partial charge < -0.3 is 20.1 Å². The minimum atomic E-state index is -0.491. The number of rotatable bonds is 6. The van der Waals surface area contributed by atoms with Crippen LogP contribution in [0, 0.1) is 0 Å². The molecule has 3 rings (SSSR count). The van der Waals surface area contributed by atoms with Gasteiger partial charge >= 0.3 is 0 Å². The predicted octanol–water partition coefficient (Wildman–Crippen LogP) is 2.87. The summed E-state index contributed by atoms with van der Waals surface area (Å²) < 4.78 is 11.4. The molecule has 0 aliphatic carbocycles. The molecule has 2 aromatic rings. The van der Waals surface area contributed by atoms with Gasteiger partial charge in [-0.05, 0) is 63.2 Å². The largest absolute Gasteiger partial charge is 0.475 e. The summed E-state index contributed by atoms with van der Waals surface area (Å²) in [5.41, 5.74) is 6.23. The summed E-state index contributed by atoms with van der Waals surface area (Å²) in [7, 11) is 0. The van der Waals surface area contributed by atoms with Crippen LogP contribution in [0.1, 0.15) is 47.4 Å². The zero-order chi connectivity index (χ0) is 21.7. The highest BCUT2D eigenvalue weighted by atomic mass is 32.1. The smallest absolute Gasteiger partial charge is 0.257 e. The van der Waals surface area contributed by atoms with Crippen LogP contribution in [0.15, 0.2) is 36.4 Å². The fourth-order valence-electron chi connectivity index (χ4n) is 3.04. The third-order valence-corrected chi connectivity index (χ3v) is 4.45. The predicted molar refractivity (Wildman–Crippen MR) is 116 cm³/mol. The first-order valence-corrected chi connectivity index (χ1v) is 10.1. The van der Waals surface area contributed by atoms with E-state index in [4.69, 9.17) is 27.4 Å². The third-order valence-electron chi connectivity index (χ3n) is 4.35. The Hall–Kier alpha value is -3.20. The van der Waals surface area contributed by atoms with Gasteiger partial charge in [0, 0.05) is 30.8 Å². The van der Waals surface area contributed by atoms with Crippen molar-refractivity contribution in [3.63, 3.8) is 0 Å². The van der Waals surface area contributed by atoms with Crippen molar-refractivity contribution < 1.29 is 19.1 Å². The first-order chi connectivity index (χ1) is 14.3. The lowest BCUT2D eigenvalue weighted by atomic mass is 10.2. The van der Waals surface area contributed by atoms with Gasteiger partial charge in [0.2, 0.25) is 11.8 Å². The Morgan fingerprint density at radius 3 is 2.33 bits per heavy atom. The molecule has 1 aliphatic heterocycles. The van der Waals surface area contributed by atoms with Crippen LogP contribution in [0.2, 0.25) is 0 Å². The van der Waals surface area contributed by atoms with Gasteiger partial charge in [-0.25, -0.2) is 0 Å². The zero-order valence-electron chi connectivity index (χ0n) is 16.9. The Bertz CT molecular complexity index is 941. The van der Waals surface area contributed by atoms with E-state index in [2.05, 4.69) is 10.3 Å². The van der Waals surface area contributed by atoms with Crippen LogP contribution in [0.3, 0.4) is 0 Å². The lowest BCUT2D eigenvalue weighted by Crippen LogP contribution is -2.34. The number of hydrogen-bond donors (Lipinski definition) is 2. The fourth-order valence-corrected chi connectivity index (χ4v) is 3.13. The molecule has 2 amide bonds. The average molecular weight is 429 g/mol. The molecule has 158 valence electrons. The van der Waals surface area contributed by atoms with Crippen molar-refractivity contribution in [3.8, 4) is 17.5 Å². The average Bonchev–Trinajstić information content (AvgIpc) is 3.21. The fraction of sp³-hybridized carbons (Fsp3) is 0.333. The SMILES string of the molecule is CC(C)Oc1cc(C(=O)NC(N)=S)cc(Oc2ccc(C(=O)N3CCCC3)cc2)n1. The number of ether oxygens (including phenoxy) is 2. The van der Waals surface area contributed by atoms with Crippen molar-refractivity contribution >= 4 is 29.1 Å². The molecule has 0 radical (unpaired) electrons. The number of benzene rings is 1. The second-order valence-corrected chi connectivity index (χ2v) is 7.58. The summed E-state index contributed by atoms with van der Waals surface area (Å²) in [5.74, 6) is 0.398. The van der Waals surface area contributed by atoms with Gasteiger partial charge in [0.1, 0.15) is 5.75 Å². The quantitative estimate of drug-likeness (QED) is 0.681. The topological polar surface area (TPSA) is 107 Å². The van der Waals surface area contributed by atoms with Crippen molar-refractivity contribution in [1.29, 1.82) is 0 Å². The molecular weight excluding hydrogens is 404 g/mol. The molecule has 3 N–H and O–H groups in total. The van der Waals surface area contributed by atoms with E-state index in [-0.39, 0.29) is 34.4 Å². The molecule has 0 atom stereocenters. The number of thiocarbonyl (C=S) groups is 1. The highest BCUT2D eigenvalue weighted by molar-refractivity contribution is 7.80. The molecule has 1 fully saturated rings. The van der Waals surface area contributed by atoms with Crippen LogP contribution in [-0.4, -0.2) is 46.0 Å². The maximum atomic E-state index is 12.5. The van der Waals surface area contributed by atoms with Crippen molar-refractivity contribution in [2.75, 3.05) is 13.1 Å². The second kappa shape index (κ2) is 9.53. The third kappa shape index (κ3) is 5.66. The summed E-state index contributed by atoms with van der Waals surface area (Å²) >= 11 is 4.72. The molecule has 8 nitrogen and oxygen atoms in total. The number of carbonyl (C=O) groups excluding carboxylic acids is 2. The van der Waals surface area contributed by atoms with Gasteiger partial charge in [0.05, 0.1) is 11.7 Å². The van der Waals surface area contributed by atoms with Crippen LogP contribution in [0.4, 0.5) is 0 Å². The van der Waals surface area contributed by atoms with Crippen LogP contribution in [0.5, 0.6) is 17.5 Å². The summed E-state index contributed by atoms with van der Waals surface area (Å²) in [4.78, 5) is 30.9. The molecule has 0 unspecified atom stereocenters. The van der Waals surface area contributed by atoms with Crippen LogP contribution in [-0.2, 0) is 0 Å². The normalized spacial score (nSPS) is 13.2. The Kier molecular flexibility index (Phi) is 6.83. The van der Waals surface area contributed by atoms with Gasteiger partial charge in [0.15, 0.2) is 5.11 Å². The minimum absolute atomic E-state index is 0.0150. The standard InChI is InChI=1S/C21H24N4O4S/c1-13(2)28-17-11-15(19(26)24-21(22)30)12-18(23-17)29-16-7-5-14(6-8-16)20(27)25-9-3-4-10-25/h5-8,11-13H,3-4,9-10H2,1-2H3,(H3,22,24,26,30). The molecule has 30 heavy (non-hydrogen) atoms. The summed E-state index contributed by atoms with van der Waals surface area (Å²) in [6.07, 6.45) is 1.94. The van der Waals surface area contributed by atoms with Crippen molar-refractivity contribution in [2.45, 2.75) is 32.8 Å².